The predicted octanol–water partition coefficient (Wildman–Crippen LogP) is 4.74. The van der Waals surface area contributed by atoms with E-state index in [1.54, 1.807) is 0 Å². The van der Waals surface area contributed by atoms with Crippen molar-refractivity contribution in [2.75, 3.05) is 4.90 Å². The van der Waals surface area contributed by atoms with Crippen molar-refractivity contribution in [3.05, 3.63) is 59.4 Å². The molecular formula is C19H22N2. The summed E-state index contributed by atoms with van der Waals surface area (Å²) in [5.41, 5.74) is 5.88. The Balaban J connectivity index is 1.93. The number of benzene rings is 1. The summed E-state index contributed by atoms with van der Waals surface area (Å²) < 4.78 is 0. The van der Waals surface area contributed by atoms with E-state index in [0.29, 0.717) is 6.04 Å². The average molecular weight is 278 g/mol. The van der Waals surface area contributed by atoms with E-state index in [1.165, 1.54) is 48.1 Å². The zero-order chi connectivity index (χ0) is 14.4. The molecule has 1 fully saturated rings. The maximum absolute atomic E-state index is 4.43. The van der Waals surface area contributed by atoms with E-state index in [0.717, 1.165) is 0 Å². The minimum atomic E-state index is 0.176. The van der Waals surface area contributed by atoms with Crippen LogP contribution in [0.25, 0.3) is 0 Å². The zero-order valence-corrected chi connectivity index (χ0v) is 12.8. The molecule has 0 radical (unpaired) electrons. The topological polar surface area (TPSA) is 16.1 Å². The highest BCUT2D eigenvalue weighted by Gasteiger charge is 2.50. The molecule has 0 N–H and O–H groups in total. The SMILES string of the molecule is Cc1ccccc1N1C(C)c2ccncc2C12CCCC2. The minimum Gasteiger partial charge on any atom is -0.355 e. The first-order valence-corrected chi connectivity index (χ1v) is 8.03. The number of aromatic nitrogens is 1. The van der Waals surface area contributed by atoms with E-state index in [-0.39, 0.29) is 5.54 Å². The van der Waals surface area contributed by atoms with Gasteiger partial charge >= 0.3 is 0 Å². The second-order valence-electron chi connectivity index (χ2n) is 6.53. The highest BCUT2D eigenvalue weighted by Crippen LogP contribution is 2.56. The Morgan fingerprint density at radius 2 is 1.90 bits per heavy atom. The van der Waals surface area contributed by atoms with E-state index >= 15 is 0 Å². The van der Waals surface area contributed by atoms with Gasteiger partial charge in [0.05, 0.1) is 11.6 Å². The molecule has 2 nitrogen and oxygen atoms in total. The van der Waals surface area contributed by atoms with Gasteiger partial charge in [-0.05, 0) is 49.9 Å². The van der Waals surface area contributed by atoms with Crippen LogP contribution in [0, 0.1) is 6.92 Å². The molecule has 1 aromatic carbocycles. The Labute approximate surface area is 126 Å². The molecule has 1 aromatic heterocycles. The lowest BCUT2D eigenvalue weighted by Crippen LogP contribution is -2.40. The fourth-order valence-corrected chi connectivity index (χ4v) is 4.54. The van der Waals surface area contributed by atoms with Crippen molar-refractivity contribution >= 4 is 5.69 Å². The van der Waals surface area contributed by atoms with E-state index in [1.807, 2.05) is 6.20 Å². The Morgan fingerprint density at radius 1 is 1.14 bits per heavy atom. The maximum Gasteiger partial charge on any atom is 0.0678 e. The molecular weight excluding hydrogens is 256 g/mol. The third kappa shape index (κ3) is 1.68. The molecule has 1 aliphatic carbocycles. The summed E-state index contributed by atoms with van der Waals surface area (Å²) in [6.45, 7) is 4.57. The molecule has 2 heterocycles. The largest absolute Gasteiger partial charge is 0.355 e. The lowest BCUT2D eigenvalue weighted by molar-refractivity contribution is 0.415. The maximum atomic E-state index is 4.43. The van der Waals surface area contributed by atoms with Crippen LogP contribution in [0.15, 0.2) is 42.7 Å². The standard InChI is InChI=1S/C19H22N2/c1-14-7-3-4-8-18(14)21-15(2)16-9-12-20-13-17(16)19(21)10-5-6-11-19/h3-4,7-9,12-13,15H,5-6,10-11H2,1-2H3. The van der Waals surface area contributed by atoms with E-state index in [9.17, 15) is 0 Å². The molecule has 4 rings (SSSR count). The van der Waals surface area contributed by atoms with E-state index < -0.39 is 0 Å². The van der Waals surface area contributed by atoms with E-state index in [2.05, 4.69) is 60.3 Å². The number of rotatable bonds is 1. The molecule has 21 heavy (non-hydrogen) atoms. The minimum absolute atomic E-state index is 0.176. The van der Waals surface area contributed by atoms with Crippen molar-refractivity contribution in [2.24, 2.45) is 0 Å². The number of fused-ring (bicyclic) bond motifs is 2. The van der Waals surface area contributed by atoms with Gasteiger partial charge < -0.3 is 4.90 Å². The quantitative estimate of drug-likeness (QED) is 0.749. The summed E-state index contributed by atoms with van der Waals surface area (Å²) in [4.78, 5) is 7.12. The molecule has 2 heteroatoms. The van der Waals surface area contributed by atoms with Gasteiger partial charge in [-0.1, -0.05) is 31.0 Å². The summed E-state index contributed by atoms with van der Waals surface area (Å²) in [6.07, 6.45) is 9.22. The van der Waals surface area contributed by atoms with Crippen LogP contribution < -0.4 is 4.90 Å². The highest BCUT2D eigenvalue weighted by atomic mass is 15.3. The third-order valence-electron chi connectivity index (χ3n) is 5.46. The highest BCUT2D eigenvalue weighted by molar-refractivity contribution is 5.63. The van der Waals surface area contributed by atoms with Gasteiger partial charge in [-0.2, -0.15) is 0 Å². The van der Waals surface area contributed by atoms with Crippen molar-refractivity contribution in [1.29, 1.82) is 0 Å². The molecule has 1 unspecified atom stereocenters. The van der Waals surface area contributed by atoms with Crippen LogP contribution in [0.3, 0.4) is 0 Å². The molecule has 1 saturated carbocycles. The van der Waals surface area contributed by atoms with Gasteiger partial charge in [-0.25, -0.2) is 0 Å². The van der Waals surface area contributed by atoms with Crippen molar-refractivity contribution in [3.8, 4) is 0 Å². The average Bonchev–Trinajstić information content (AvgIpc) is 3.07. The monoisotopic (exact) mass is 278 g/mol. The normalized spacial score (nSPS) is 22.8. The summed E-state index contributed by atoms with van der Waals surface area (Å²) in [7, 11) is 0. The van der Waals surface area contributed by atoms with Crippen LogP contribution >= 0.6 is 0 Å². The fraction of sp³-hybridized carbons (Fsp3) is 0.421. The number of para-hydroxylation sites is 1. The van der Waals surface area contributed by atoms with Crippen LogP contribution in [0.2, 0.25) is 0 Å². The van der Waals surface area contributed by atoms with Gasteiger partial charge in [0.25, 0.3) is 0 Å². The van der Waals surface area contributed by atoms with Crippen molar-refractivity contribution < 1.29 is 0 Å². The van der Waals surface area contributed by atoms with Gasteiger partial charge in [0, 0.05) is 23.6 Å². The van der Waals surface area contributed by atoms with Gasteiger partial charge in [0.2, 0.25) is 0 Å². The lowest BCUT2D eigenvalue weighted by atomic mass is 9.88. The third-order valence-corrected chi connectivity index (χ3v) is 5.46. The van der Waals surface area contributed by atoms with Crippen LogP contribution in [0.5, 0.6) is 0 Å². The Bertz CT molecular complexity index is 671. The number of hydrogen-bond donors (Lipinski definition) is 0. The van der Waals surface area contributed by atoms with Crippen LogP contribution in [-0.2, 0) is 5.54 Å². The van der Waals surface area contributed by atoms with Gasteiger partial charge in [0.1, 0.15) is 0 Å². The van der Waals surface area contributed by atoms with Crippen LogP contribution in [-0.4, -0.2) is 4.98 Å². The molecule has 1 spiro atoms. The summed E-state index contributed by atoms with van der Waals surface area (Å²) in [6, 6.07) is 11.5. The first kappa shape index (κ1) is 12.9. The molecule has 0 amide bonds. The zero-order valence-electron chi connectivity index (χ0n) is 12.8. The molecule has 1 atom stereocenters. The first-order valence-electron chi connectivity index (χ1n) is 8.03. The van der Waals surface area contributed by atoms with Crippen molar-refractivity contribution in [2.45, 2.75) is 51.1 Å². The van der Waals surface area contributed by atoms with Gasteiger partial charge in [-0.15, -0.1) is 0 Å². The summed E-state index contributed by atoms with van der Waals surface area (Å²) in [5.74, 6) is 0. The van der Waals surface area contributed by atoms with Crippen molar-refractivity contribution in [1.82, 2.24) is 4.98 Å². The molecule has 0 saturated heterocycles. The Hall–Kier alpha value is -1.83. The number of pyridine rings is 1. The molecule has 2 aliphatic rings. The number of anilines is 1. The second-order valence-corrected chi connectivity index (χ2v) is 6.53. The summed E-state index contributed by atoms with van der Waals surface area (Å²) >= 11 is 0. The molecule has 2 aromatic rings. The Kier molecular flexibility index (Phi) is 2.81. The Morgan fingerprint density at radius 3 is 2.67 bits per heavy atom. The fourth-order valence-electron chi connectivity index (χ4n) is 4.54. The van der Waals surface area contributed by atoms with Gasteiger partial charge in [0.15, 0.2) is 0 Å². The molecule has 108 valence electrons. The van der Waals surface area contributed by atoms with Gasteiger partial charge in [-0.3, -0.25) is 4.98 Å². The van der Waals surface area contributed by atoms with Crippen LogP contribution in [0.1, 0.15) is 55.3 Å². The first-order chi connectivity index (χ1) is 10.2. The molecule has 1 aliphatic heterocycles. The smallest absolute Gasteiger partial charge is 0.0678 e. The predicted molar refractivity (Wildman–Crippen MR) is 86.5 cm³/mol. The second kappa shape index (κ2) is 4.59. The van der Waals surface area contributed by atoms with E-state index in [4.69, 9.17) is 0 Å². The van der Waals surface area contributed by atoms with Crippen LogP contribution in [0.4, 0.5) is 5.69 Å². The lowest BCUT2D eigenvalue weighted by Gasteiger charge is -2.41. The summed E-state index contributed by atoms with van der Waals surface area (Å²) in [5, 5.41) is 0. The number of hydrogen-bond acceptors (Lipinski definition) is 2. The van der Waals surface area contributed by atoms with Crippen molar-refractivity contribution in [3.63, 3.8) is 0 Å². The molecule has 0 bridgehead atoms. The number of nitrogens with zero attached hydrogens (tertiary/aromatic N) is 2. The number of aryl methyl sites for hydroxylation is 1.